The number of anilines is 1. The van der Waals surface area contributed by atoms with Gasteiger partial charge in [-0.1, -0.05) is 17.2 Å². The standard InChI is InChI=1S/C13H16BrN3O4/c1-8(9(2)7-16-13(18)19)6-15-11-5-3-4-10(14)12(11)17(20)21/h3-5,15-16H,6-7H2,1-2H3,(H,18,19). The number of nitrogens with zero attached hydrogens (tertiary/aromatic N) is 1. The molecule has 0 aliphatic heterocycles. The van der Waals surface area contributed by atoms with Crippen LogP contribution in [0.2, 0.25) is 0 Å². The van der Waals surface area contributed by atoms with E-state index >= 15 is 0 Å². The van der Waals surface area contributed by atoms with Gasteiger partial charge in [-0.25, -0.2) is 4.79 Å². The Morgan fingerprint density at radius 2 is 1.95 bits per heavy atom. The van der Waals surface area contributed by atoms with E-state index in [1.165, 1.54) is 0 Å². The number of nitro groups is 1. The van der Waals surface area contributed by atoms with Crippen LogP contribution in [0.3, 0.4) is 0 Å². The molecule has 7 nitrogen and oxygen atoms in total. The summed E-state index contributed by atoms with van der Waals surface area (Å²) in [6.45, 7) is 4.27. The molecule has 1 aromatic rings. The third-order valence-corrected chi connectivity index (χ3v) is 3.59. The van der Waals surface area contributed by atoms with E-state index in [-0.39, 0.29) is 12.2 Å². The normalized spacial score (nSPS) is 11.6. The predicted molar refractivity (Wildman–Crippen MR) is 83.7 cm³/mol. The molecule has 1 aromatic carbocycles. The lowest BCUT2D eigenvalue weighted by molar-refractivity contribution is -0.384. The molecule has 8 heteroatoms. The Morgan fingerprint density at radius 1 is 1.33 bits per heavy atom. The molecule has 21 heavy (non-hydrogen) atoms. The zero-order valence-corrected chi connectivity index (χ0v) is 13.2. The van der Waals surface area contributed by atoms with Crippen LogP contribution in [-0.2, 0) is 0 Å². The van der Waals surface area contributed by atoms with Crippen LogP contribution in [0.1, 0.15) is 13.8 Å². The lowest BCUT2D eigenvalue weighted by atomic mass is 10.1. The van der Waals surface area contributed by atoms with Gasteiger partial charge in [0.25, 0.3) is 0 Å². The minimum atomic E-state index is -1.09. The van der Waals surface area contributed by atoms with Crippen LogP contribution >= 0.6 is 15.9 Å². The number of carbonyl (C=O) groups is 1. The summed E-state index contributed by atoms with van der Waals surface area (Å²) in [5.41, 5.74) is 2.17. The van der Waals surface area contributed by atoms with Crippen molar-refractivity contribution in [2.45, 2.75) is 13.8 Å². The van der Waals surface area contributed by atoms with Gasteiger partial charge in [-0.15, -0.1) is 0 Å². The maximum absolute atomic E-state index is 11.0. The van der Waals surface area contributed by atoms with Crippen molar-refractivity contribution in [3.63, 3.8) is 0 Å². The summed E-state index contributed by atoms with van der Waals surface area (Å²) in [5.74, 6) is 0. The molecule has 0 heterocycles. The highest BCUT2D eigenvalue weighted by molar-refractivity contribution is 9.10. The third kappa shape index (κ3) is 5.07. The average Bonchev–Trinajstić information content (AvgIpc) is 2.41. The fraction of sp³-hybridized carbons (Fsp3) is 0.308. The van der Waals surface area contributed by atoms with Crippen LogP contribution in [0.4, 0.5) is 16.2 Å². The Balaban J connectivity index is 2.80. The first-order chi connectivity index (χ1) is 9.82. The Hall–Kier alpha value is -2.09. The predicted octanol–water partition coefficient (Wildman–Crippen LogP) is 3.37. The Labute approximate surface area is 130 Å². The number of amides is 1. The van der Waals surface area contributed by atoms with Gasteiger partial charge in [0.2, 0.25) is 0 Å². The molecule has 0 atom stereocenters. The first-order valence-electron chi connectivity index (χ1n) is 6.11. The minimum absolute atomic E-state index is 0.0217. The van der Waals surface area contributed by atoms with Gasteiger partial charge in [-0.05, 0) is 41.9 Å². The van der Waals surface area contributed by atoms with Gasteiger partial charge in [0.05, 0.1) is 9.40 Å². The molecule has 1 amide bonds. The van der Waals surface area contributed by atoms with E-state index in [0.717, 1.165) is 11.1 Å². The number of benzene rings is 1. The molecular formula is C13H16BrN3O4. The molecule has 0 unspecified atom stereocenters. The van der Waals surface area contributed by atoms with E-state index in [9.17, 15) is 14.9 Å². The van der Waals surface area contributed by atoms with E-state index in [2.05, 4.69) is 26.6 Å². The summed E-state index contributed by atoms with van der Waals surface area (Å²) in [5, 5.41) is 24.9. The second-order valence-electron chi connectivity index (χ2n) is 4.47. The molecule has 0 saturated carbocycles. The monoisotopic (exact) mass is 357 g/mol. The molecule has 0 bridgehead atoms. The van der Waals surface area contributed by atoms with Crippen molar-refractivity contribution in [2.24, 2.45) is 0 Å². The number of nitrogens with one attached hydrogen (secondary N) is 2. The van der Waals surface area contributed by atoms with E-state index in [1.54, 1.807) is 18.2 Å². The minimum Gasteiger partial charge on any atom is -0.465 e. The first-order valence-corrected chi connectivity index (χ1v) is 6.91. The second-order valence-corrected chi connectivity index (χ2v) is 5.32. The highest BCUT2D eigenvalue weighted by Gasteiger charge is 2.17. The van der Waals surface area contributed by atoms with Crippen LogP contribution in [0, 0.1) is 10.1 Å². The van der Waals surface area contributed by atoms with Gasteiger partial charge < -0.3 is 15.7 Å². The van der Waals surface area contributed by atoms with Crippen molar-refractivity contribution in [3.8, 4) is 0 Å². The largest absolute Gasteiger partial charge is 0.465 e. The van der Waals surface area contributed by atoms with Crippen LogP contribution < -0.4 is 10.6 Å². The zero-order chi connectivity index (χ0) is 16.0. The smallest absolute Gasteiger partial charge is 0.404 e. The molecule has 0 spiro atoms. The fourth-order valence-electron chi connectivity index (χ4n) is 1.58. The maximum atomic E-state index is 11.0. The number of para-hydroxylation sites is 1. The molecule has 114 valence electrons. The molecular weight excluding hydrogens is 342 g/mol. The number of halogens is 1. The lowest BCUT2D eigenvalue weighted by Crippen LogP contribution is -2.23. The number of nitro benzene ring substituents is 1. The summed E-state index contributed by atoms with van der Waals surface area (Å²) in [6, 6.07) is 4.94. The fourth-order valence-corrected chi connectivity index (χ4v) is 2.09. The van der Waals surface area contributed by atoms with Gasteiger partial charge in [-0.3, -0.25) is 10.1 Å². The Morgan fingerprint density at radius 3 is 2.52 bits per heavy atom. The Kier molecular flexibility index (Phi) is 6.16. The SMILES string of the molecule is CC(CNC(=O)O)=C(C)CNc1cccc(Br)c1[N+](=O)[O-]. The number of rotatable bonds is 6. The van der Waals surface area contributed by atoms with Crippen molar-refractivity contribution in [2.75, 3.05) is 18.4 Å². The van der Waals surface area contributed by atoms with Gasteiger partial charge in [-0.2, -0.15) is 0 Å². The summed E-state index contributed by atoms with van der Waals surface area (Å²) in [6.07, 6.45) is -1.09. The van der Waals surface area contributed by atoms with Gasteiger partial charge in [0, 0.05) is 13.1 Å². The molecule has 0 saturated heterocycles. The maximum Gasteiger partial charge on any atom is 0.404 e. The van der Waals surface area contributed by atoms with Crippen molar-refractivity contribution < 1.29 is 14.8 Å². The van der Waals surface area contributed by atoms with Crippen molar-refractivity contribution in [1.29, 1.82) is 0 Å². The van der Waals surface area contributed by atoms with Crippen LogP contribution in [0.25, 0.3) is 0 Å². The highest BCUT2D eigenvalue weighted by atomic mass is 79.9. The summed E-state index contributed by atoms with van der Waals surface area (Å²) >= 11 is 3.16. The number of hydrogen-bond acceptors (Lipinski definition) is 4. The van der Waals surface area contributed by atoms with Gasteiger partial charge in [0.15, 0.2) is 0 Å². The third-order valence-electron chi connectivity index (χ3n) is 2.95. The van der Waals surface area contributed by atoms with E-state index in [1.807, 2.05) is 13.8 Å². The van der Waals surface area contributed by atoms with E-state index in [4.69, 9.17) is 5.11 Å². The van der Waals surface area contributed by atoms with Crippen molar-refractivity contribution >= 4 is 33.4 Å². The molecule has 0 aliphatic rings. The topological polar surface area (TPSA) is 104 Å². The molecule has 1 rings (SSSR count). The van der Waals surface area contributed by atoms with Crippen molar-refractivity contribution in [1.82, 2.24) is 5.32 Å². The quantitative estimate of drug-likeness (QED) is 0.411. The average molecular weight is 358 g/mol. The summed E-state index contributed by atoms with van der Waals surface area (Å²) in [4.78, 5) is 21.0. The summed E-state index contributed by atoms with van der Waals surface area (Å²) in [7, 11) is 0. The van der Waals surface area contributed by atoms with E-state index < -0.39 is 11.0 Å². The Bertz CT molecular complexity index is 587. The number of carboxylic acid groups (broad SMARTS) is 1. The first kappa shape index (κ1) is 17.0. The van der Waals surface area contributed by atoms with Gasteiger partial charge >= 0.3 is 11.8 Å². The van der Waals surface area contributed by atoms with Crippen LogP contribution in [-0.4, -0.2) is 29.2 Å². The van der Waals surface area contributed by atoms with Crippen LogP contribution in [0.5, 0.6) is 0 Å². The molecule has 0 radical (unpaired) electrons. The van der Waals surface area contributed by atoms with E-state index in [0.29, 0.717) is 16.7 Å². The number of hydrogen-bond donors (Lipinski definition) is 3. The second kappa shape index (κ2) is 7.63. The molecule has 0 aliphatic carbocycles. The van der Waals surface area contributed by atoms with Gasteiger partial charge in [0.1, 0.15) is 5.69 Å². The highest BCUT2D eigenvalue weighted by Crippen LogP contribution is 2.32. The lowest BCUT2D eigenvalue weighted by Gasteiger charge is -2.11. The zero-order valence-electron chi connectivity index (χ0n) is 11.6. The van der Waals surface area contributed by atoms with Crippen LogP contribution in [0.15, 0.2) is 33.8 Å². The van der Waals surface area contributed by atoms with Crippen molar-refractivity contribution in [3.05, 3.63) is 43.9 Å². The molecule has 3 N–H and O–H groups in total. The molecule has 0 aromatic heterocycles. The molecule has 0 fully saturated rings. The summed E-state index contributed by atoms with van der Waals surface area (Å²) < 4.78 is 0.406.